The summed E-state index contributed by atoms with van der Waals surface area (Å²) in [6, 6.07) is 2.26. The van der Waals surface area contributed by atoms with Gasteiger partial charge in [-0.15, -0.1) is 0 Å². The number of aliphatic carboxylic acids is 1. The zero-order chi connectivity index (χ0) is 12.9. The first-order valence-corrected chi connectivity index (χ1v) is 6.24. The third-order valence-electron chi connectivity index (χ3n) is 1.84. The Bertz CT molecular complexity index is 503. The largest absolute Gasteiger partial charge is 0.481 e. The molecule has 8 heteroatoms. The van der Waals surface area contributed by atoms with E-state index in [1.165, 1.54) is 6.07 Å². The molecule has 0 bridgehead atoms. The van der Waals surface area contributed by atoms with E-state index in [0.717, 1.165) is 12.3 Å². The minimum atomic E-state index is -4.02. The maximum Gasteiger partial charge on any atom is 0.303 e. The number of carboxylic acid groups (broad SMARTS) is 1. The monoisotopic (exact) mass is 262 g/mol. The first-order valence-electron chi connectivity index (χ1n) is 4.75. The number of carbonyl (C=O) groups is 1. The number of rotatable bonds is 6. The number of hydrogen-bond donors (Lipinski definition) is 2. The Morgan fingerprint density at radius 2 is 2.24 bits per heavy atom. The summed E-state index contributed by atoms with van der Waals surface area (Å²) < 4.78 is 38.3. The molecule has 0 aliphatic rings. The maximum atomic E-state index is 13.1. The van der Waals surface area contributed by atoms with Crippen molar-refractivity contribution in [1.82, 2.24) is 9.71 Å². The molecule has 0 saturated heterocycles. The molecule has 0 saturated carbocycles. The lowest BCUT2D eigenvalue weighted by atomic mass is 10.3. The van der Waals surface area contributed by atoms with Gasteiger partial charge < -0.3 is 5.11 Å². The molecule has 0 atom stereocenters. The number of carboxylic acids is 1. The molecule has 0 aliphatic carbocycles. The Balaban J connectivity index is 2.64. The van der Waals surface area contributed by atoms with E-state index in [9.17, 15) is 17.6 Å². The summed E-state index contributed by atoms with van der Waals surface area (Å²) >= 11 is 0. The van der Waals surface area contributed by atoms with Crippen molar-refractivity contribution in [1.29, 1.82) is 0 Å². The zero-order valence-corrected chi connectivity index (χ0v) is 9.58. The van der Waals surface area contributed by atoms with Crippen LogP contribution in [0, 0.1) is 5.82 Å². The molecule has 0 aliphatic heterocycles. The molecule has 1 heterocycles. The van der Waals surface area contributed by atoms with E-state index in [1.807, 2.05) is 0 Å². The first-order chi connectivity index (χ1) is 7.93. The van der Waals surface area contributed by atoms with E-state index >= 15 is 0 Å². The van der Waals surface area contributed by atoms with Crippen molar-refractivity contribution in [2.24, 2.45) is 0 Å². The highest BCUT2D eigenvalue weighted by atomic mass is 32.2. The lowest BCUT2D eigenvalue weighted by Gasteiger charge is -2.05. The molecule has 0 amide bonds. The quantitative estimate of drug-likeness (QED) is 0.722. The van der Waals surface area contributed by atoms with Crippen LogP contribution in [0.2, 0.25) is 0 Å². The fourth-order valence-electron chi connectivity index (χ4n) is 1.08. The van der Waals surface area contributed by atoms with Gasteiger partial charge >= 0.3 is 5.97 Å². The van der Waals surface area contributed by atoms with Crippen LogP contribution in [-0.2, 0) is 14.8 Å². The van der Waals surface area contributed by atoms with Crippen molar-refractivity contribution in [3.8, 4) is 0 Å². The number of hydrogen-bond acceptors (Lipinski definition) is 4. The lowest BCUT2D eigenvalue weighted by Crippen LogP contribution is -2.26. The smallest absolute Gasteiger partial charge is 0.303 e. The van der Waals surface area contributed by atoms with Gasteiger partial charge in [0.25, 0.3) is 10.0 Å². The highest BCUT2D eigenvalue weighted by Gasteiger charge is 2.19. The topological polar surface area (TPSA) is 96.4 Å². The molecule has 2 N–H and O–H groups in total. The molecule has 1 aromatic heterocycles. The van der Waals surface area contributed by atoms with Crippen molar-refractivity contribution < 1.29 is 22.7 Å². The van der Waals surface area contributed by atoms with Gasteiger partial charge in [0.05, 0.1) is 0 Å². The molecule has 94 valence electrons. The second-order valence-electron chi connectivity index (χ2n) is 3.19. The minimum absolute atomic E-state index is 0.0787. The fraction of sp³-hybridized carbons (Fsp3) is 0.333. The molecular formula is C9H11FN2O4S. The fourth-order valence-corrected chi connectivity index (χ4v) is 2.16. The van der Waals surface area contributed by atoms with Gasteiger partial charge in [0.15, 0.2) is 5.82 Å². The standard InChI is InChI=1S/C9H11FN2O4S/c10-7-3-1-5-11-9(7)17(15,16)12-6-2-4-8(13)14/h1,3,5,12H,2,4,6H2,(H,13,14). The van der Waals surface area contributed by atoms with Crippen LogP contribution in [0.25, 0.3) is 0 Å². The predicted octanol–water partition coefficient (Wildman–Crippen LogP) is 0.364. The van der Waals surface area contributed by atoms with Crippen molar-refractivity contribution in [2.45, 2.75) is 17.9 Å². The van der Waals surface area contributed by atoms with Crippen LogP contribution in [0.5, 0.6) is 0 Å². The van der Waals surface area contributed by atoms with Crippen molar-refractivity contribution in [3.05, 3.63) is 24.1 Å². The number of nitrogens with one attached hydrogen (secondary N) is 1. The van der Waals surface area contributed by atoms with E-state index in [2.05, 4.69) is 9.71 Å². The number of halogens is 1. The second kappa shape index (κ2) is 5.69. The van der Waals surface area contributed by atoms with Crippen LogP contribution in [-0.4, -0.2) is 31.0 Å². The van der Waals surface area contributed by atoms with Crippen LogP contribution in [0.15, 0.2) is 23.4 Å². The Morgan fingerprint density at radius 1 is 1.53 bits per heavy atom. The summed E-state index contributed by atoms with van der Waals surface area (Å²) in [7, 11) is -4.02. The summed E-state index contributed by atoms with van der Waals surface area (Å²) in [5.74, 6) is -1.97. The normalized spacial score (nSPS) is 11.4. The summed E-state index contributed by atoms with van der Waals surface area (Å²) in [6.45, 7) is -0.0787. The SMILES string of the molecule is O=C(O)CCCNS(=O)(=O)c1ncccc1F. The zero-order valence-electron chi connectivity index (χ0n) is 8.76. The first kappa shape index (κ1) is 13.5. The average molecular weight is 262 g/mol. The summed E-state index contributed by atoms with van der Waals surface area (Å²) in [6.07, 6.45) is 1.13. The maximum absolute atomic E-state index is 13.1. The second-order valence-corrected chi connectivity index (χ2v) is 4.87. The van der Waals surface area contributed by atoms with Crippen LogP contribution < -0.4 is 4.72 Å². The molecule has 1 rings (SSSR count). The summed E-state index contributed by atoms with van der Waals surface area (Å²) in [5.41, 5.74) is 0. The Hall–Kier alpha value is -1.54. The molecule has 0 unspecified atom stereocenters. The molecule has 6 nitrogen and oxygen atoms in total. The highest BCUT2D eigenvalue weighted by Crippen LogP contribution is 2.09. The molecule has 1 aromatic rings. The van der Waals surface area contributed by atoms with Gasteiger partial charge in [-0.05, 0) is 18.6 Å². The molecule has 0 fully saturated rings. The van der Waals surface area contributed by atoms with Crippen LogP contribution in [0.4, 0.5) is 4.39 Å². The predicted molar refractivity (Wildman–Crippen MR) is 56.3 cm³/mol. The molecular weight excluding hydrogens is 251 g/mol. The molecule has 0 aromatic carbocycles. The summed E-state index contributed by atoms with van der Waals surface area (Å²) in [4.78, 5) is 13.6. The number of sulfonamides is 1. The lowest BCUT2D eigenvalue weighted by molar-refractivity contribution is -0.137. The van der Waals surface area contributed by atoms with Crippen LogP contribution in [0.1, 0.15) is 12.8 Å². The van der Waals surface area contributed by atoms with E-state index in [4.69, 9.17) is 5.11 Å². The Morgan fingerprint density at radius 3 is 2.82 bits per heavy atom. The number of aromatic nitrogens is 1. The van der Waals surface area contributed by atoms with Crippen molar-refractivity contribution >= 4 is 16.0 Å². The van der Waals surface area contributed by atoms with Gasteiger partial charge in [-0.25, -0.2) is 22.5 Å². The third-order valence-corrected chi connectivity index (χ3v) is 3.23. The van der Waals surface area contributed by atoms with E-state index in [0.29, 0.717) is 0 Å². The van der Waals surface area contributed by atoms with Gasteiger partial charge in [-0.3, -0.25) is 4.79 Å². The average Bonchev–Trinajstić information content (AvgIpc) is 2.24. The third kappa shape index (κ3) is 4.08. The molecule has 0 radical (unpaired) electrons. The number of nitrogens with zero attached hydrogens (tertiary/aromatic N) is 1. The van der Waals surface area contributed by atoms with Gasteiger partial charge in [-0.2, -0.15) is 0 Å². The van der Waals surface area contributed by atoms with Gasteiger partial charge in [0, 0.05) is 19.2 Å². The van der Waals surface area contributed by atoms with Crippen molar-refractivity contribution in [2.75, 3.05) is 6.54 Å². The molecule has 0 spiro atoms. The summed E-state index contributed by atoms with van der Waals surface area (Å²) in [5, 5.41) is 7.67. The van der Waals surface area contributed by atoms with Crippen molar-refractivity contribution in [3.63, 3.8) is 0 Å². The van der Waals surface area contributed by atoms with Crippen LogP contribution >= 0.6 is 0 Å². The minimum Gasteiger partial charge on any atom is -0.481 e. The molecule has 17 heavy (non-hydrogen) atoms. The van der Waals surface area contributed by atoms with E-state index in [-0.39, 0.29) is 19.4 Å². The van der Waals surface area contributed by atoms with E-state index < -0.39 is 26.8 Å². The Kier molecular flexibility index (Phi) is 4.53. The highest BCUT2D eigenvalue weighted by molar-refractivity contribution is 7.89. The van der Waals surface area contributed by atoms with E-state index in [1.54, 1.807) is 0 Å². The van der Waals surface area contributed by atoms with Crippen LogP contribution in [0.3, 0.4) is 0 Å². The van der Waals surface area contributed by atoms with Gasteiger partial charge in [0.1, 0.15) is 0 Å². The Labute approximate surface area is 97.5 Å². The number of pyridine rings is 1. The van der Waals surface area contributed by atoms with Gasteiger partial charge in [0.2, 0.25) is 5.03 Å². The van der Waals surface area contributed by atoms with Gasteiger partial charge in [-0.1, -0.05) is 0 Å².